The van der Waals surface area contributed by atoms with Gasteiger partial charge in [0.2, 0.25) is 6.93 Å². The number of halogens is 4. The van der Waals surface area contributed by atoms with Crippen molar-refractivity contribution in [1.82, 2.24) is 0 Å². The maximum Gasteiger partial charge on any atom is 0.229 e. The Kier molecular flexibility index (Phi) is 81.5. The molecule has 0 N–H and O–H groups in total. The highest BCUT2D eigenvalue weighted by atomic mass is 35.5. The minimum Gasteiger partial charge on any atom is -0.234 e. The molecule has 0 bridgehead atoms. The van der Waals surface area contributed by atoms with Gasteiger partial charge >= 0.3 is 0 Å². The van der Waals surface area contributed by atoms with Crippen LogP contribution in [-0.2, 0) is 0 Å². The fourth-order valence-electron chi connectivity index (χ4n) is 0. The molecule has 0 saturated heterocycles. The number of hydrogen-bond donors (Lipinski definition) is 0. The Morgan fingerprint density at radius 3 is 1.14 bits per heavy atom. The Balaban J connectivity index is -0.0000000400. The van der Waals surface area contributed by atoms with Gasteiger partial charge in [-0.3, -0.25) is 0 Å². The first-order valence-electron chi connectivity index (χ1n) is 1.07. The van der Waals surface area contributed by atoms with Crippen molar-refractivity contribution in [1.29, 1.82) is 0 Å². The van der Waals surface area contributed by atoms with E-state index in [1.165, 1.54) is 0 Å². The van der Waals surface area contributed by atoms with Crippen LogP contribution < -0.4 is 0 Å². The van der Waals surface area contributed by atoms with Gasteiger partial charge in [-0.15, -0.1) is 0 Å². The smallest absolute Gasteiger partial charge is 0.229 e. The van der Waals surface area contributed by atoms with E-state index in [0.717, 1.165) is 0 Å². The number of rotatable bonds is 0. The molecule has 0 aromatic carbocycles. The molecule has 0 rings (SSSR count). The predicted molar refractivity (Wildman–Crippen MR) is 25.6 cm³/mol. The molecule has 0 aromatic rings. The summed E-state index contributed by atoms with van der Waals surface area (Å²) in [7, 11) is 0. The summed E-state index contributed by atoms with van der Waals surface area (Å²) in [6, 6.07) is 0. The number of hydrogen-bond acceptors (Lipinski definition) is 0. The molecular weight excluding hydrogens is 128 g/mol. The van der Waals surface area contributed by atoms with Crippen LogP contribution in [0, 0.1) is 0 Å². The summed E-state index contributed by atoms with van der Waals surface area (Å²) >= 11 is 4.33. The van der Waals surface area contributed by atoms with Gasteiger partial charge in [-0.1, -0.05) is 19.0 Å². The van der Waals surface area contributed by atoms with Crippen LogP contribution in [0.1, 0.15) is 7.43 Å². The highest BCUT2D eigenvalue weighted by Crippen LogP contribution is 1.65. The Bertz CT molecular complexity index is 12.1. The Hall–Kier alpha value is 0.0800. The number of alkyl halides is 4. The van der Waals surface area contributed by atoms with Gasteiger partial charge in [-0.25, -0.2) is 13.2 Å². The summed E-state index contributed by atoms with van der Waals surface area (Å²) in [5.74, 6) is 0. The first-order chi connectivity index (χ1) is 2.83. The molecule has 0 atom stereocenters. The quantitative estimate of drug-likeness (QED) is 0.449. The summed E-state index contributed by atoms with van der Waals surface area (Å²) in [5.41, 5.74) is 0. The maximum absolute atomic E-state index is 10.1. The van der Waals surface area contributed by atoms with Crippen LogP contribution in [0.15, 0.2) is 0 Å². The molecule has 0 aliphatic heterocycles. The highest BCUT2D eigenvalue weighted by molar-refractivity contribution is 6.16. The zero-order valence-corrected chi connectivity index (χ0v) is 3.68. The topological polar surface area (TPSA) is 0 Å². The van der Waals surface area contributed by atoms with Crippen LogP contribution in [0.5, 0.6) is 0 Å². The molecule has 0 aromatic heterocycles. The van der Waals surface area contributed by atoms with Gasteiger partial charge in [-0.05, 0) is 0 Å². The molecular formula is C3H8ClF3. The van der Waals surface area contributed by atoms with Gasteiger partial charge in [0.25, 0.3) is 0 Å². The van der Waals surface area contributed by atoms with Gasteiger partial charge in [0.1, 0.15) is 0 Å². The molecule has 0 spiro atoms. The van der Waals surface area contributed by atoms with Crippen molar-refractivity contribution in [2.75, 3.05) is 13.1 Å². The van der Waals surface area contributed by atoms with Gasteiger partial charge in [0.15, 0.2) is 6.13 Å². The zero-order chi connectivity index (χ0) is 5.41. The van der Waals surface area contributed by atoms with Crippen LogP contribution in [0.2, 0.25) is 0 Å². The lowest BCUT2D eigenvalue weighted by molar-refractivity contribution is 0.295. The SMILES string of the molecule is C.FCCl.FCF. The second-order valence-corrected chi connectivity index (χ2v) is 0.404. The van der Waals surface area contributed by atoms with Crippen LogP contribution in [0.3, 0.4) is 0 Å². The Morgan fingerprint density at radius 1 is 1.14 bits per heavy atom. The summed E-state index contributed by atoms with van der Waals surface area (Å²) in [6.45, 7) is -1.75. The largest absolute Gasteiger partial charge is 0.234 e. The van der Waals surface area contributed by atoms with Crippen molar-refractivity contribution in [3.63, 3.8) is 0 Å². The molecule has 0 unspecified atom stereocenters. The molecule has 0 nitrogen and oxygen atoms in total. The van der Waals surface area contributed by atoms with Gasteiger partial charge < -0.3 is 0 Å². The van der Waals surface area contributed by atoms with Crippen LogP contribution in [-0.4, -0.2) is 13.1 Å². The fraction of sp³-hybridized carbons (Fsp3) is 1.00. The molecule has 0 amide bonds. The lowest BCUT2D eigenvalue weighted by Gasteiger charge is -1.42. The van der Waals surface area contributed by atoms with Crippen LogP contribution in [0.25, 0.3) is 0 Å². The van der Waals surface area contributed by atoms with Crippen molar-refractivity contribution in [3.8, 4) is 0 Å². The normalized spacial score (nSPS) is 5.14. The molecule has 0 radical (unpaired) electrons. The van der Waals surface area contributed by atoms with E-state index < -0.39 is 13.1 Å². The zero-order valence-electron chi connectivity index (χ0n) is 2.93. The molecule has 4 heteroatoms. The lowest BCUT2D eigenvalue weighted by atomic mass is 11.7. The Morgan fingerprint density at radius 2 is 1.14 bits per heavy atom. The van der Waals surface area contributed by atoms with Crippen molar-refractivity contribution >= 4 is 11.6 Å². The summed E-state index contributed by atoms with van der Waals surface area (Å²) in [4.78, 5) is 0. The molecule has 0 saturated carbocycles. The highest BCUT2D eigenvalue weighted by Gasteiger charge is 1.44. The van der Waals surface area contributed by atoms with Crippen molar-refractivity contribution in [3.05, 3.63) is 0 Å². The third kappa shape index (κ3) is 15800. The monoisotopic (exact) mass is 136 g/mol. The maximum atomic E-state index is 10.1. The lowest BCUT2D eigenvalue weighted by Crippen LogP contribution is -1.34. The average Bonchev–Trinajstić information content (AvgIpc) is 1.39. The van der Waals surface area contributed by atoms with Gasteiger partial charge in [0.05, 0.1) is 0 Å². The third-order valence-corrected chi connectivity index (χ3v) is 0. The minimum absolute atomic E-state index is 0. The first kappa shape index (κ1) is 15.7. The molecule has 0 aliphatic carbocycles. The molecule has 0 aliphatic rings. The predicted octanol–water partition coefficient (Wildman–Crippen LogP) is 2.67. The first-order valence-corrected chi connectivity index (χ1v) is 1.60. The van der Waals surface area contributed by atoms with E-state index in [0.29, 0.717) is 0 Å². The van der Waals surface area contributed by atoms with E-state index in [-0.39, 0.29) is 7.43 Å². The van der Waals surface area contributed by atoms with E-state index in [1.807, 2.05) is 0 Å². The van der Waals surface area contributed by atoms with E-state index >= 15 is 0 Å². The van der Waals surface area contributed by atoms with Gasteiger partial charge in [0, 0.05) is 0 Å². The van der Waals surface area contributed by atoms with Crippen LogP contribution >= 0.6 is 11.6 Å². The summed E-state index contributed by atoms with van der Waals surface area (Å²) in [6.07, 6.45) is -0.778. The minimum atomic E-state index is -1.75. The van der Waals surface area contributed by atoms with E-state index in [4.69, 9.17) is 0 Å². The van der Waals surface area contributed by atoms with Crippen LogP contribution in [0.4, 0.5) is 13.2 Å². The average molecular weight is 137 g/mol. The van der Waals surface area contributed by atoms with Crippen molar-refractivity contribution in [2.24, 2.45) is 0 Å². The summed E-state index contributed by atoms with van der Waals surface area (Å²) in [5, 5.41) is 0. The molecule has 7 heavy (non-hydrogen) atoms. The standard InChI is InChI=1S/CH2ClF.CH2F2.CH4/c2*2-1-3;/h2*1H2;1H4. The molecule has 0 heterocycles. The molecule has 0 fully saturated rings. The van der Waals surface area contributed by atoms with E-state index in [9.17, 15) is 13.2 Å². The van der Waals surface area contributed by atoms with Gasteiger partial charge in [-0.2, -0.15) is 0 Å². The second kappa shape index (κ2) is 36.3. The fourth-order valence-corrected chi connectivity index (χ4v) is 0. The summed E-state index contributed by atoms with van der Waals surface area (Å²) < 4.78 is 29.3. The van der Waals surface area contributed by atoms with E-state index in [1.54, 1.807) is 0 Å². The third-order valence-electron chi connectivity index (χ3n) is 0. The second-order valence-electron chi connectivity index (χ2n) is 0.202. The van der Waals surface area contributed by atoms with E-state index in [2.05, 4.69) is 11.6 Å². The Labute approximate surface area is 46.3 Å². The van der Waals surface area contributed by atoms with Crippen molar-refractivity contribution in [2.45, 2.75) is 7.43 Å². The van der Waals surface area contributed by atoms with Crippen molar-refractivity contribution < 1.29 is 13.2 Å². The molecule has 48 valence electrons.